The predicted molar refractivity (Wildman–Crippen MR) is 162 cm³/mol. The van der Waals surface area contributed by atoms with Crippen molar-refractivity contribution in [3.63, 3.8) is 0 Å². The molecule has 1 heterocycles. The fraction of sp³-hybridized carbons (Fsp3) is 0.379. The summed E-state index contributed by atoms with van der Waals surface area (Å²) < 4.78 is 6.23. The minimum Gasteiger partial charge on any atom is -0.481 e. The van der Waals surface area contributed by atoms with Crippen molar-refractivity contribution in [1.29, 1.82) is 0 Å². The van der Waals surface area contributed by atoms with E-state index in [0.717, 1.165) is 29.5 Å². The zero-order chi connectivity index (χ0) is 32.8. The van der Waals surface area contributed by atoms with E-state index in [0.29, 0.717) is 12.1 Å². The number of amides is 3. The summed E-state index contributed by atoms with van der Waals surface area (Å²) in [5, 5.41) is 37.6. The van der Waals surface area contributed by atoms with Crippen LogP contribution in [0, 0.1) is 0 Å². The highest BCUT2D eigenvalue weighted by atomic mass is 32.1. The van der Waals surface area contributed by atoms with Crippen molar-refractivity contribution in [3.05, 3.63) is 65.2 Å². The molecule has 3 rings (SSSR count). The van der Waals surface area contributed by atoms with Crippen LogP contribution in [0.2, 0.25) is 0 Å². The summed E-state index contributed by atoms with van der Waals surface area (Å²) >= 11 is 4.09. The molecule has 240 valence electrons. The van der Waals surface area contributed by atoms with E-state index in [1.54, 1.807) is 24.3 Å². The number of carbonyl (C=O) groups excluding carboxylic acids is 3. The molecule has 0 unspecified atom stereocenters. The van der Waals surface area contributed by atoms with Crippen LogP contribution in [0.1, 0.15) is 47.7 Å². The lowest BCUT2D eigenvalue weighted by molar-refractivity contribution is -0.139. The van der Waals surface area contributed by atoms with Gasteiger partial charge in [-0.25, -0.2) is 14.3 Å². The van der Waals surface area contributed by atoms with E-state index in [2.05, 4.69) is 44.1 Å². The lowest BCUT2D eigenvalue weighted by atomic mass is 10.0. The molecule has 0 spiro atoms. The number of carbonyl (C=O) groups is 5. The van der Waals surface area contributed by atoms with E-state index in [1.807, 2.05) is 13.0 Å². The quantitative estimate of drug-likeness (QED) is 0.0847. The first-order valence-electron chi connectivity index (χ1n) is 14.1. The van der Waals surface area contributed by atoms with E-state index in [1.165, 1.54) is 18.2 Å². The van der Waals surface area contributed by atoms with Crippen molar-refractivity contribution in [2.24, 2.45) is 0 Å². The van der Waals surface area contributed by atoms with Gasteiger partial charge < -0.3 is 30.9 Å². The molecule has 0 radical (unpaired) electrons. The van der Waals surface area contributed by atoms with Crippen LogP contribution < -0.4 is 20.7 Å². The topological polar surface area (TPSA) is 215 Å². The highest BCUT2D eigenvalue weighted by molar-refractivity contribution is 7.80. The molecular formula is C29H35N7O8S. The Hall–Kier alpha value is -4.99. The van der Waals surface area contributed by atoms with E-state index < -0.39 is 48.4 Å². The Balaban J connectivity index is 1.85. The molecule has 0 fully saturated rings. The fourth-order valence-electron chi connectivity index (χ4n) is 4.30. The predicted octanol–water partition coefficient (Wildman–Crippen LogP) is 0.885. The van der Waals surface area contributed by atoms with Crippen LogP contribution in [-0.2, 0) is 38.6 Å². The Morgan fingerprint density at radius 2 is 1.64 bits per heavy atom. The summed E-state index contributed by atoms with van der Waals surface area (Å²) in [5.41, 5.74) is 0.814. The standard InChI is InChI=1S/C29H35N7O8S/c1-2-3-7-12-30-26(40)21(15-19-10-11-23(44-17-25(38)39)20(13-19)28(42)43)32-27(41)22(14-18-8-5-4-6-9-18)31-24(37)16-36-29(45)33-34-35-36/h4-6,8-11,13,21-22H,2-3,7,12,14-17H2,1H3,(H,30,40)(H,31,37)(H,32,41)(H,38,39)(H,42,43)(H,33,35,45)/t21-,22-/m0/s1. The molecule has 16 heteroatoms. The highest BCUT2D eigenvalue weighted by Gasteiger charge is 2.28. The third-order valence-corrected chi connectivity index (χ3v) is 6.84. The number of carboxylic acids is 2. The SMILES string of the molecule is CCCCCNC(=O)[C@H](Cc1ccc(OCC(=O)O)c(C(=O)O)c1)NC(=O)[C@H](Cc1ccccc1)NC(=O)Cn1nnnc1S. The van der Waals surface area contributed by atoms with Gasteiger partial charge in [0, 0.05) is 19.4 Å². The monoisotopic (exact) mass is 641 g/mol. The number of ether oxygens (including phenoxy) is 1. The molecule has 2 aromatic carbocycles. The zero-order valence-corrected chi connectivity index (χ0v) is 25.4. The number of rotatable bonds is 18. The number of tetrazole rings is 1. The number of aromatic nitrogens is 4. The molecule has 0 aliphatic rings. The zero-order valence-electron chi connectivity index (χ0n) is 24.5. The number of nitrogens with one attached hydrogen (secondary N) is 3. The molecule has 1 aromatic heterocycles. The highest BCUT2D eigenvalue weighted by Crippen LogP contribution is 2.21. The number of carboxylic acid groups (broad SMARTS) is 2. The first-order chi connectivity index (χ1) is 21.6. The number of aromatic carboxylic acids is 1. The van der Waals surface area contributed by atoms with E-state index in [4.69, 9.17) is 9.84 Å². The van der Waals surface area contributed by atoms with E-state index in [-0.39, 0.29) is 35.9 Å². The number of thiol groups is 1. The van der Waals surface area contributed by atoms with Gasteiger partial charge in [0.05, 0.1) is 0 Å². The number of nitrogens with zero attached hydrogens (tertiary/aromatic N) is 4. The van der Waals surface area contributed by atoms with Gasteiger partial charge in [-0.3, -0.25) is 14.4 Å². The second kappa shape index (κ2) is 17.3. The lowest BCUT2D eigenvalue weighted by Gasteiger charge is -2.24. The molecule has 15 nitrogen and oxygen atoms in total. The third-order valence-electron chi connectivity index (χ3n) is 6.52. The van der Waals surface area contributed by atoms with Gasteiger partial charge in [-0.05, 0) is 40.1 Å². The van der Waals surface area contributed by atoms with Crippen molar-refractivity contribution in [2.45, 2.75) is 62.8 Å². The second-order valence-corrected chi connectivity index (χ2v) is 10.4. The average molecular weight is 642 g/mol. The molecule has 0 saturated heterocycles. The molecule has 0 saturated carbocycles. The van der Waals surface area contributed by atoms with Gasteiger partial charge in [-0.2, -0.15) is 0 Å². The van der Waals surface area contributed by atoms with Crippen LogP contribution in [0.15, 0.2) is 53.7 Å². The summed E-state index contributed by atoms with van der Waals surface area (Å²) in [6, 6.07) is 10.8. The number of hydrogen-bond donors (Lipinski definition) is 6. The van der Waals surface area contributed by atoms with Crippen molar-refractivity contribution < 1.29 is 38.9 Å². The Morgan fingerprint density at radius 3 is 2.29 bits per heavy atom. The normalized spacial score (nSPS) is 12.0. The molecule has 45 heavy (non-hydrogen) atoms. The summed E-state index contributed by atoms with van der Waals surface area (Å²) in [6.45, 7) is 1.34. The van der Waals surface area contributed by atoms with Crippen LogP contribution in [-0.4, -0.2) is 85.3 Å². The first kappa shape index (κ1) is 34.5. The van der Waals surface area contributed by atoms with Gasteiger partial charge >= 0.3 is 11.9 Å². The van der Waals surface area contributed by atoms with Crippen molar-refractivity contribution in [2.75, 3.05) is 13.2 Å². The van der Waals surface area contributed by atoms with Crippen molar-refractivity contribution >= 4 is 42.3 Å². The Kier molecular flexibility index (Phi) is 13.3. The van der Waals surface area contributed by atoms with Crippen LogP contribution in [0.25, 0.3) is 0 Å². The molecule has 0 aliphatic heterocycles. The average Bonchev–Trinajstić information content (AvgIpc) is 3.41. The number of aliphatic carboxylic acids is 1. The summed E-state index contributed by atoms with van der Waals surface area (Å²) in [6.07, 6.45) is 2.54. The maximum Gasteiger partial charge on any atom is 0.341 e. The third kappa shape index (κ3) is 11.2. The van der Waals surface area contributed by atoms with Gasteiger partial charge in [0.2, 0.25) is 22.9 Å². The molecule has 3 amide bonds. The maximum atomic E-state index is 13.7. The van der Waals surface area contributed by atoms with E-state index in [9.17, 15) is 29.1 Å². The number of benzene rings is 2. The first-order valence-corrected chi connectivity index (χ1v) is 14.6. The van der Waals surface area contributed by atoms with Crippen LogP contribution >= 0.6 is 12.6 Å². The Morgan fingerprint density at radius 1 is 0.933 bits per heavy atom. The summed E-state index contributed by atoms with van der Waals surface area (Å²) in [7, 11) is 0. The molecule has 5 N–H and O–H groups in total. The summed E-state index contributed by atoms with van der Waals surface area (Å²) in [5.74, 6) is -4.52. The summed E-state index contributed by atoms with van der Waals surface area (Å²) in [4.78, 5) is 62.7. The molecule has 2 atom stereocenters. The Bertz CT molecular complexity index is 1480. The van der Waals surface area contributed by atoms with Crippen LogP contribution in [0.5, 0.6) is 5.75 Å². The van der Waals surface area contributed by atoms with Crippen LogP contribution in [0.4, 0.5) is 0 Å². The molecule has 3 aromatic rings. The van der Waals surface area contributed by atoms with Gasteiger partial charge in [-0.15, -0.1) is 17.7 Å². The van der Waals surface area contributed by atoms with Crippen LogP contribution in [0.3, 0.4) is 0 Å². The maximum absolute atomic E-state index is 13.7. The minimum absolute atomic E-state index is 0.103. The Labute approximate surface area is 264 Å². The van der Waals surface area contributed by atoms with Crippen molar-refractivity contribution in [3.8, 4) is 5.75 Å². The van der Waals surface area contributed by atoms with Gasteiger partial charge in [0.15, 0.2) is 6.61 Å². The second-order valence-electron chi connectivity index (χ2n) is 10.0. The van der Waals surface area contributed by atoms with Gasteiger partial charge in [0.1, 0.15) is 29.9 Å². The smallest absolute Gasteiger partial charge is 0.341 e. The van der Waals surface area contributed by atoms with Crippen molar-refractivity contribution in [1.82, 2.24) is 36.2 Å². The van der Waals surface area contributed by atoms with Gasteiger partial charge in [-0.1, -0.05) is 56.2 Å². The lowest BCUT2D eigenvalue weighted by Crippen LogP contribution is -2.55. The minimum atomic E-state index is -1.36. The van der Waals surface area contributed by atoms with Gasteiger partial charge in [0.25, 0.3) is 0 Å². The number of hydrogen-bond acceptors (Lipinski definition) is 10. The number of unbranched alkanes of at least 4 members (excludes halogenated alkanes) is 2. The van der Waals surface area contributed by atoms with E-state index >= 15 is 0 Å². The molecular weight excluding hydrogens is 606 g/mol. The molecule has 0 bridgehead atoms. The largest absolute Gasteiger partial charge is 0.481 e. The fourth-order valence-corrected chi connectivity index (χ4v) is 4.45. The molecule has 0 aliphatic carbocycles.